The smallest absolute Gasteiger partial charge is 0.256 e. The van der Waals surface area contributed by atoms with Crippen LogP contribution in [0.3, 0.4) is 0 Å². The van der Waals surface area contributed by atoms with E-state index in [-0.39, 0.29) is 17.7 Å². The van der Waals surface area contributed by atoms with E-state index in [0.717, 1.165) is 67.2 Å². The average molecular weight is 470 g/mol. The molecule has 1 atom stereocenters. The predicted molar refractivity (Wildman–Crippen MR) is 129 cm³/mol. The fourth-order valence-electron chi connectivity index (χ4n) is 5.42. The van der Waals surface area contributed by atoms with Crippen LogP contribution in [0.5, 0.6) is 0 Å². The number of aryl methyl sites for hydroxylation is 1. The Hall–Kier alpha value is -3.62. The first-order chi connectivity index (χ1) is 17.0. The van der Waals surface area contributed by atoms with Crippen molar-refractivity contribution in [3.05, 3.63) is 42.4 Å². The van der Waals surface area contributed by atoms with E-state index in [1.54, 1.807) is 12.4 Å². The Balaban J connectivity index is 1.12. The second kappa shape index (κ2) is 7.44. The van der Waals surface area contributed by atoms with Crippen LogP contribution in [0.25, 0.3) is 22.3 Å². The van der Waals surface area contributed by atoms with E-state index in [1.807, 2.05) is 45.9 Å². The molecule has 3 fully saturated rings. The number of hydrogen-bond acceptors (Lipinski definition) is 6. The lowest BCUT2D eigenvalue weighted by molar-refractivity contribution is -0.131. The molecule has 0 radical (unpaired) electrons. The molecule has 2 amide bonds. The van der Waals surface area contributed by atoms with E-state index < -0.39 is 5.54 Å². The number of aromatic nitrogens is 4. The lowest BCUT2D eigenvalue weighted by atomic mass is 10.1. The van der Waals surface area contributed by atoms with Gasteiger partial charge in [0.05, 0.1) is 17.3 Å². The Kier molecular flexibility index (Phi) is 4.40. The zero-order chi connectivity index (χ0) is 23.7. The van der Waals surface area contributed by atoms with E-state index in [2.05, 4.69) is 15.1 Å². The number of amidine groups is 1. The minimum absolute atomic E-state index is 0.0885. The molecule has 9 heteroatoms. The number of hydrogen-bond donors (Lipinski definition) is 0. The topological polar surface area (TPSA) is 96.6 Å². The fourth-order valence-corrected chi connectivity index (χ4v) is 5.42. The van der Waals surface area contributed by atoms with Gasteiger partial charge in [-0.2, -0.15) is 5.10 Å². The summed E-state index contributed by atoms with van der Waals surface area (Å²) >= 11 is 0. The summed E-state index contributed by atoms with van der Waals surface area (Å²) in [5, 5.41) is 5.34. The minimum Gasteiger partial charge on any atom is -0.342 e. The molecule has 2 aliphatic carbocycles. The highest BCUT2D eigenvalue weighted by atomic mass is 16.2. The van der Waals surface area contributed by atoms with Crippen LogP contribution < -0.4 is 0 Å². The number of rotatable bonds is 5. The maximum absolute atomic E-state index is 13.3. The molecule has 1 spiro atoms. The van der Waals surface area contributed by atoms with Gasteiger partial charge in [0.25, 0.3) is 5.91 Å². The van der Waals surface area contributed by atoms with Crippen molar-refractivity contribution in [2.24, 2.45) is 23.9 Å². The zero-order valence-corrected chi connectivity index (χ0v) is 19.7. The maximum Gasteiger partial charge on any atom is 0.256 e. The van der Waals surface area contributed by atoms with Gasteiger partial charge in [0.15, 0.2) is 5.82 Å². The molecular formula is C26H27N7O2. The summed E-state index contributed by atoms with van der Waals surface area (Å²) < 4.78 is 1.84. The highest BCUT2D eigenvalue weighted by molar-refractivity contribution is 6.16. The van der Waals surface area contributed by atoms with Crippen LogP contribution in [0.4, 0.5) is 0 Å². The third-order valence-electron chi connectivity index (χ3n) is 7.82. The first-order valence-corrected chi connectivity index (χ1v) is 12.5. The molecule has 2 aromatic heterocycles. The number of nitrogens with zero attached hydrogens (tertiary/aromatic N) is 7. The number of benzene rings is 1. The van der Waals surface area contributed by atoms with Crippen molar-refractivity contribution in [3.8, 4) is 11.4 Å². The lowest BCUT2D eigenvalue weighted by Crippen LogP contribution is -2.41. The molecule has 9 nitrogen and oxygen atoms in total. The molecule has 7 rings (SSSR count). The molecule has 1 aromatic carbocycles. The summed E-state index contributed by atoms with van der Waals surface area (Å²) in [7, 11) is 1.92. The van der Waals surface area contributed by atoms with E-state index in [0.29, 0.717) is 24.1 Å². The SMILES string of the molecule is Cn1ncc2cc(-c3ncc(C4=NC5(CC5)C(=O)N4C[C@@H]4CCN(C(=O)C5CC5)C4)cn3)ccc21. The Morgan fingerprint density at radius 2 is 1.89 bits per heavy atom. The van der Waals surface area contributed by atoms with Gasteiger partial charge in [-0.3, -0.25) is 24.2 Å². The number of carbonyl (C=O) groups excluding carboxylic acids is 2. The van der Waals surface area contributed by atoms with Crippen LogP contribution >= 0.6 is 0 Å². The van der Waals surface area contributed by atoms with Crippen molar-refractivity contribution >= 4 is 28.6 Å². The second-order valence-electron chi connectivity index (χ2n) is 10.4. The van der Waals surface area contributed by atoms with Crippen LogP contribution in [0.1, 0.15) is 37.7 Å². The van der Waals surface area contributed by atoms with Crippen LogP contribution in [0.15, 0.2) is 41.8 Å². The second-order valence-corrected chi connectivity index (χ2v) is 10.4. The monoisotopic (exact) mass is 469 g/mol. The van der Waals surface area contributed by atoms with Gasteiger partial charge in [-0.05, 0) is 56.2 Å². The molecule has 35 heavy (non-hydrogen) atoms. The molecular weight excluding hydrogens is 442 g/mol. The van der Waals surface area contributed by atoms with Crippen LogP contribution in [-0.4, -0.2) is 72.4 Å². The van der Waals surface area contributed by atoms with Crippen molar-refractivity contribution in [2.45, 2.75) is 37.6 Å². The number of likely N-dealkylation sites (tertiary alicyclic amines) is 1. The first-order valence-electron chi connectivity index (χ1n) is 12.5. The normalized spacial score (nSPS) is 22.9. The largest absolute Gasteiger partial charge is 0.342 e. The van der Waals surface area contributed by atoms with Gasteiger partial charge in [-0.25, -0.2) is 9.97 Å². The van der Waals surface area contributed by atoms with Gasteiger partial charge in [-0.1, -0.05) is 0 Å². The lowest BCUT2D eigenvalue weighted by Gasteiger charge is -2.23. The van der Waals surface area contributed by atoms with E-state index in [1.165, 1.54) is 0 Å². The summed E-state index contributed by atoms with van der Waals surface area (Å²) in [5.74, 6) is 2.19. The van der Waals surface area contributed by atoms with Crippen LogP contribution in [0.2, 0.25) is 0 Å². The maximum atomic E-state index is 13.3. The molecule has 4 heterocycles. The van der Waals surface area contributed by atoms with Crippen LogP contribution in [-0.2, 0) is 16.6 Å². The molecule has 0 unspecified atom stereocenters. The summed E-state index contributed by atoms with van der Waals surface area (Å²) in [6, 6.07) is 6.05. The minimum atomic E-state index is -0.582. The molecule has 0 N–H and O–H groups in total. The quantitative estimate of drug-likeness (QED) is 0.572. The Morgan fingerprint density at radius 3 is 2.63 bits per heavy atom. The van der Waals surface area contributed by atoms with Crippen molar-refractivity contribution in [2.75, 3.05) is 19.6 Å². The third kappa shape index (κ3) is 3.44. The van der Waals surface area contributed by atoms with Crippen molar-refractivity contribution < 1.29 is 9.59 Å². The summed E-state index contributed by atoms with van der Waals surface area (Å²) in [6.07, 6.45) is 9.95. The Bertz CT molecular complexity index is 1380. The summed E-state index contributed by atoms with van der Waals surface area (Å²) in [4.78, 5) is 43.7. The van der Waals surface area contributed by atoms with Crippen molar-refractivity contribution in [3.63, 3.8) is 0 Å². The summed E-state index contributed by atoms with van der Waals surface area (Å²) in [5.41, 5.74) is 2.15. The highest BCUT2D eigenvalue weighted by Gasteiger charge is 2.57. The Morgan fingerprint density at radius 1 is 1.09 bits per heavy atom. The molecule has 178 valence electrons. The predicted octanol–water partition coefficient (Wildman–Crippen LogP) is 2.41. The molecule has 3 aromatic rings. The van der Waals surface area contributed by atoms with Gasteiger partial charge >= 0.3 is 0 Å². The van der Waals surface area contributed by atoms with Gasteiger partial charge in [0, 0.05) is 55.9 Å². The Labute approximate surface area is 202 Å². The first kappa shape index (κ1) is 20.7. The standard InChI is InChI=1S/C26H27N7O2/c1-31-21-5-4-18(10-19(21)13-29-31)22-27-11-20(12-28-22)23-30-26(7-8-26)25(35)33(23)15-16-6-9-32(14-16)24(34)17-2-3-17/h4-5,10-13,16-17H,2-3,6-9,14-15H2,1H3/t16-/m1/s1. The molecule has 2 aliphatic heterocycles. The molecule has 2 saturated carbocycles. The molecule has 1 saturated heterocycles. The van der Waals surface area contributed by atoms with Gasteiger partial charge in [0.2, 0.25) is 5.91 Å². The number of fused-ring (bicyclic) bond motifs is 1. The molecule has 0 bridgehead atoms. The van der Waals surface area contributed by atoms with E-state index in [9.17, 15) is 9.59 Å². The number of carbonyl (C=O) groups is 2. The van der Waals surface area contributed by atoms with Gasteiger partial charge in [-0.15, -0.1) is 0 Å². The zero-order valence-electron chi connectivity index (χ0n) is 19.7. The van der Waals surface area contributed by atoms with Crippen LogP contribution in [0, 0.1) is 11.8 Å². The third-order valence-corrected chi connectivity index (χ3v) is 7.82. The number of aliphatic imine (C=N–C) groups is 1. The van der Waals surface area contributed by atoms with Gasteiger partial charge < -0.3 is 4.90 Å². The summed E-state index contributed by atoms with van der Waals surface area (Å²) in [6.45, 7) is 2.11. The highest BCUT2D eigenvalue weighted by Crippen LogP contribution is 2.46. The van der Waals surface area contributed by atoms with Gasteiger partial charge in [0.1, 0.15) is 11.4 Å². The average Bonchev–Trinajstić information content (AvgIpc) is 3.78. The van der Waals surface area contributed by atoms with Crippen molar-refractivity contribution in [1.82, 2.24) is 29.5 Å². The number of amides is 2. The molecule has 4 aliphatic rings. The van der Waals surface area contributed by atoms with E-state index >= 15 is 0 Å². The fraction of sp³-hybridized carbons (Fsp3) is 0.462. The van der Waals surface area contributed by atoms with E-state index in [4.69, 9.17) is 4.99 Å². The van der Waals surface area contributed by atoms with Crippen molar-refractivity contribution in [1.29, 1.82) is 0 Å².